The lowest BCUT2D eigenvalue weighted by atomic mass is 10.4. The Balaban J connectivity index is 2.55. The smallest absolute Gasteiger partial charge is 0.342 e. The molecule has 0 aromatic carbocycles. The third kappa shape index (κ3) is 1.07. The highest BCUT2D eigenvalue weighted by molar-refractivity contribution is 5.31. The van der Waals surface area contributed by atoms with E-state index in [-0.39, 0.29) is 11.7 Å². The van der Waals surface area contributed by atoms with E-state index >= 15 is 0 Å². The van der Waals surface area contributed by atoms with Crippen LogP contribution in [0.5, 0.6) is 0 Å². The van der Waals surface area contributed by atoms with Crippen LogP contribution in [0.1, 0.15) is 19.9 Å². The van der Waals surface area contributed by atoms with Crippen LogP contribution in [0.25, 0.3) is 0 Å². The van der Waals surface area contributed by atoms with Gasteiger partial charge in [-0.15, -0.1) is 5.10 Å². The monoisotopic (exact) mass is 182 g/mol. The molecule has 1 aliphatic heterocycles. The molecular formula is C8H14N4O. The third-order valence-corrected chi connectivity index (χ3v) is 2.36. The Labute approximate surface area is 76.6 Å². The Kier molecular flexibility index (Phi) is 1.68. The van der Waals surface area contributed by atoms with Gasteiger partial charge in [0.15, 0.2) is 0 Å². The zero-order valence-electron chi connectivity index (χ0n) is 8.19. The highest BCUT2D eigenvalue weighted by Gasteiger charge is 2.22. The van der Waals surface area contributed by atoms with E-state index in [0.29, 0.717) is 0 Å². The highest BCUT2D eigenvalue weighted by atomic mass is 16.2. The summed E-state index contributed by atoms with van der Waals surface area (Å²) in [7, 11) is 1.95. The predicted molar refractivity (Wildman–Crippen MR) is 50.1 cm³/mol. The highest BCUT2D eigenvalue weighted by Crippen LogP contribution is 2.14. The molecule has 72 valence electrons. The van der Waals surface area contributed by atoms with Crippen molar-refractivity contribution in [2.75, 3.05) is 18.5 Å². The summed E-state index contributed by atoms with van der Waals surface area (Å²) in [5.74, 6) is 0.790. The van der Waals surface area contributed by atoms with Crippen LogP contribution in [-0.2, 0) is 6.54 Å². The zero-order chi connectivity index (χ0) is 9.59. The maximum Gasteiger partial charge on any atom is 0.347 e. The molecule has 5 nitrogen and oxygen atoms in total. The summed E-state index contributed by atoms with van der Waals surface area (Å²) in [6.07, 6.45) is 0. The van der Waals surface area contributed by atoms with E-state index in [0.717, 1.165) is 19.0 Å². The molecule has 1 aliphatic rings. The van der Waals surface area contributed by atoms with Crippen LogP contribution in [0, 0.1) is 0 Å². The molecule has 0 unspecified atom stereocenters. The Morgan fingerprint density at radius 1 is 1.38 bits per heavy atom. The van der Waals surface area contributed by atoms with Crippen molar-refractivity contribution in [2.24, 2.45) is 0 Å². The number of nitrogens with zero attached hydrogens (tertiary/aromatic N) is 4. The van der Waals surface area contributed by atoms with E-state index in [2.05, 4.69) is 5.10 Å². The molecule has 1 aromatic heterocycles. The van der Waals surface area contributed by atoms with E-state index < -0.39 is 0 Å². The number of aromatic nitrogens is 3. The molecule has 2 rings (SSSR count). The first-order chi connectivity index (χ1) is 6.11. The normalized spacial score (nSPS) is 15.5. The summed E-state index contributed by atoms with van der Waals surface area (Å²) in [5, 5.41) is 4.26. The van der Waals surface area contributed by atoms with Gasteiger partial charge in [0.25, 0.3) is 0 Å². The molecule has 0 bridgehead atoms. The van der Waals surface area contributed by atoms with Crippen LogP contribution in [0.15, 0.2) is 4.79 Å². The maximum atomic E-state index is 11.7. The molecule has 1 aromatic rings. The molecule has 0 saturated heterocycles. The van der Waals surface area contributed by atoms with E-state index in [4.69, 9.17) is 0 Å². The second kappa shape index (κ2) is 2.61. The van der Waals surface area contributed by atoms with Crippen LogP contribution in [0.3, 0.4) is 0 Å². The minimum atomic E-state index is 0.00866. The van der Waals surface area contributed by atoms with Crippen molar-refractivity contribution in [3.63, 3.8) is 0 Å². The van der Waals surface area contributed by atoms with Gasteiger partial charge in [-0.2, -0.15) is 0 Å². The fourth-order valence-electron chi connectivity index (χ4n) is 1.57. The topological polar surface area (TPSA) is 43.1 Å². The van der Waals surface area contributed by atoms with Crippen molar-refractivity contribution in [1.29, 1.82) is 0 Å². The number of hydrogen-bond donors (Lipinski definition) is 0. The summed E-state index contributed by atoms with van der Waals surface area (Å²) in [6.45, 7) is 5.57. The van der Waals surface area contributed by atoms with Crippen LogP contribution < -0.4 is 10.6 Å². The van der Waals surface area contributed by atoms with Gasteiger partial charge in [-0.25, -0.2) is 9.48 Å². The molecular weight excluding hydrogens is 168 g/mol. The molecule has 2 heterocycles. The maximum absolute atomic E-state index is 11.7. The molecule has 0 amide bonds. The van der Waals surface area contributed by atoms with E-state index in [1.54, 1.807) is 4.57 Å². The van der Waals surface area contributed by atoms with Crippen molar-refractivity contribution in [1.82, 2.24) is 14.3 Å². The van der Waals surface area contributed by atoms with Gasteiger partial charge in [-0.3, -0.25) is 4.57 Å². The average Bonchev–Trinajstić information content (AvgIpc) is 2.55. The van der Waals surface area contributed by atoms with Gasteiger partial charge in [0, 0.05) is 20.1 Å². The summed E-state index contributed by atoms with van der Waals surface area (Å²) >= 11 is 0. The van der Waals surface area contributed by atoms with Crippen molar-refractivity contribution in [3.05, 3.63) is 10.5 Å². The molecule has 5 heteroatoms. The molecule has 0 N–H and O–H groups in total. The second-order valence-electron chi connectivity index (χ2n) is 3.69. The van der Waals surface area contributed by atoms with E-state index in [1.165, 1.54) is 4.68 Å². The van der Waals surface area contributed by atoms with Gasteiger partial charge in [-0.05, 0) is 13.8 Å². The number of likely N-dealkylation sites (N-methyl/N-ethyl adjacent to an activating group) is 1. The summed E-state index contributed by atoms with van der Waals surface area (Å²) < 4.78 is 3.25. The average molecular weight is 182 g/mol. The molecule has 0 atom stereocenters. The van der Waals surface area contributed by atoms with Crippen molar-refractivity contribution >= 4 is 5.95 Å². The summed E-state index contributed by atoms with van der Waals surface area (Å²) in [6, 6.07) is 0.138. The Morgan fingerprint density at radius 2 is 2.08 bits per heavy atom. The molecule has 0 saturated carbocycles. The molecule has 0 aliphatic carbocycles. The van der Waals surface area contributed by atoms with Crippen molar-refractivity contribution in [3.8, 4) is 0 Å². The number of hydrogen-bond acceptors (Lipinski definition) is 3. The van der Waals surface area contributed by atoms with Crippen molar-refractivity contribution < 1.29 is 0 Å². The largest absolute Gasteiger partial charge is 0.347 e. The van der Waals surface area contributed by atoms with Gasteiger partial charge < -0.3 is 4.90 Å². The minimum Gasteiger partial charge on any atom is -0.342 e. The van der Waals surface area contributed by atoms with Gasteiger partial charge in [0.05, 0.1) is 6.04 Å². The number of fused-ring (bicyclic) bond motifs is 1. The molecule has 0 fully saturated rings. The molecule has 0 radical (unpaired) electrons. The lowest BCUT2D eigenvalue weighted by Crippen LogP contribution is -2.26. The molecule has 13 heavy (non-hydrogen) atoms. The van der Waals surface area contributed by atoms with E-state index in [1.807, 2.05) is 25.8 Å². The van der Waals surface area contributed by atoms with Gasteiger partial charge in [0.2, 0.25) is 5.95 Å². The Hall–Kier alpha value is -1.26. The fraction of sp³-hybridized carbons (Fsp3) is 0.750. The van der Waals surface area contributed by atoms with Gasteiger partial charge in [-0.1, -0.05) is 0 Å². The summed E-state index contributed by atoms with van der Waals surface area (Å²) in [4.78, 5) is 13.7. The van der Waals surface area contributed by atoms with Gasteiger partial charge in [0.1, 0.15) is 0 Å². The Morgan fingerprint density at radius 3 is 2.62 bits per heavy atom. The lowest BCUT2D eigenvalue weighted by Gasteiger charge is -2.07. The molecule has 0 spiro atoms. The van der Waals surface area contributed by atoms with Crippen LogP contribution in [-0.4, -0.2) is 27.9 Å². The second-order valence-corrected chi connectivity index (χ2v) is 3.69. The standard InChI is InChI=1S/C8H14N4O/c1-6(2)12-8(13)11-5-4-10(3)7(11)9-12/h6H,4-5H2,1-3H3. The number of rotatable bonds is 1. The SMILES string of the molecule is CC(C)n1nc2n(c1=O)CCN2C. The number of anilines is 1. The van der Waals surface area contributed by atoms with Crippen LogP contribution in [0.2, 0.25) is 0 Å². The van der Waals surface area contributed by atoms with Crippen molar-refractivity contribution in [2.45, 2.75) is 26.4 Å². The van der Waals surface area contributed by atoms with Crippen LogP contribution in [0.4, 0.5) is 5.95 Å². The lowest BCUT2D eigenvalue weighted by molar-refractivity contribution is 0.500. The fourth-order valence-corrected chi connectivity index (χ4v) is 1.57. The Bertz CT molecular complexity index is 376. The van der Waals surface area contributed by atoms with E-state index in [9.17, 15) is 4.79 Å². The minimum absolute atomic E-state index is 0.00866. The predicted octanol–water partition coefficient (Wildman–Crippen LogP) is 0.0755. The third-order valence-electron chi connectivity index (χ3n) is 2.36. The van der Waals surface area contributed by atoms with Gasteiger partial charge >= 0.3 is 5.69 Å². The quantitative estimate of drug-likeness (QED) is 0.617. The summed E-state index contributed by atoms with van der Waals surface area (Å²) in [5.41, 5.74) is 0.00866. The first-order valence-corrected chi connectivity index (χ1v) is 4.51. The first-order valence-electron chi connectivity index (χ1n) is 4.51. The zero-order valence-corrected chi connectivity index (χ0v) is 8.19. The van der Waals surface area contributed by atoms with Crippen LogP contribution >= 0.6 is 0 Å². The first kappa shape index (κ1) is 8.34.